The number of hydrogen-bond acceptors (Lipinski definition) is 1. The smallest absolute Gasteiger partial charge is 0.00675 e. The largest absolute Gasteiger partial charge is 0.313 e. The Bertz CT molecular complexity index is 257. The van der Waals surface area contributed by atoms with Crippen molar-refractivity contribution in [1.29, 1.82) is 0 Å². The molecule has 106 valence electrons. The normalized spacial score (nSPS) is 32.0. The van der Waals surface area contributed by atoms with Gasteiger partial charge in [-0.3, -0.25) is 0 Å². The van der Waals surface area contributed by atoms with Crippen molar-refractivity contribution in [1.82, 2.24) is 5.32 Å². The van der Waals surface area contributed by atoms with E-state index in [1.54, 1.807) is 0 Å². The van der Waals surface area contributed by atoms with Crippen molar-refractivity contribution in [2.24, 2.45) is 16.7 Å². The molecule has 0 saturated heterocycles. The second-order valence-electron chi connectivity index (χ2n) is 7.94. The van der Waals surface area contributed by atoms with Crippen LogP contribution in [0.3, 0.4) is 0 Å². The molecule has 0 aromatic rings. The summed E-state index contributed by atoms with van der Waals surface area (Å²) < 4.78 is 0. The molecule has 0 spiro atoms. The molecule has 0 atom stereocenters. The van der Waals surface area contributed by atoms with Gasteiger partial charge in [0.2, 0.25) is 0 Å². The van der Waals surface area contributed by atoms with Crippen LogP contribution < -0.4 is 5.32 Å². The summed E-state index contributed by atoms with van der Waals surface area (Å²) in [6, 6.07) is 0.811. The molecule has 2 aliphatic carbocycles. The molecule has 1 heteroatoms. The van der Waals surface area contributed by atoms with Crippen LogP contribution in [0.1, 0.15) is 79.1 Å². The van der Waals surface area contributed by atoms with E-state index < -0.39 is 0 Å². The monoisotopic (exact) mass is 251 g/mol. The van der Waals surface area contributed by atoms with E-state index in [1.165, 1.54) is 57.9 Å². The summed E-state index contributed by atoms with van der Waals surface area (Å²) in [5, 5.41) is 3.85. The van der Waals surface area contributed by atoms with Gasteiger partial charge in [0.15, 0.2) is 0 Å². The highest BCUT2D eigenvalue weighted by Gasteiger charge is 2.34. The lowest BCUT2D eigenvalue weighted by atomic mass is 9.68. The Morgan fingerprint density at radius 1 is 1.11 bits per heavy atom. The second-order valence-corrected chi connectivity index (χ2v) is 7.94. The summed E-state index contributed by atoms with van der Waals surface area (Å²) in [7, 11) is 0. The number of hydrogen-bond donors (Lipinski definition) is 1. The summed E-state index contributed by atoms with van der Waals surface area (Å²) >= 11 is 0. The van der Waals surface area contributed by atoms with E-state index in [9.17, 15) is 0 Å². The summed E-state index contributed by atoms with van der Waals surface area (Å²) in [6.07, 6.45) is 11.4. The molecule has 0 radical (unpaired) electrons. The number of nitrogens with one attached hydrogen (secondary N) is 1. The SMILES string of the molecule is CCC(C)(C)C1CCC(NCC2(C)CCC2)CC1. The van der Waals surface area contributed by atoms with Gasteiger partial charge in [-0.1, -0.05) is 40.5 Å². The Balaban J connectivity index is 1.70. The van der Waals surface area contributed by atoms with Crippen molar-refractivity contribution in [3.8, 4) is 0 Å². The van der Waals surface area contributed by atoms with E-state index >= 15 is 0 Å². The Morgan fingerprint density at radius 3 is 2.17 bits per heavy atom. The van der Waals surface area contributed by atoms with E-state index in [0.717, 1.165) is 12.0 Å². The van der Waals surface area contributed by atoms with Crippen LogP contribution in [-0.4, -0.2) is 12.6 Å². The molecule has 0 aliphatic heterocycles. The zero-order valence-electron chi connectivity index (χ0n) is 13.0. The van der Waals surface area contributed by atoms with Gasteiger partial charge in [0.05, 0.1) is 0 Å². The third kappa shape index (κ3) is 3.29. The maximum atomic E-state index is 3.85. The van der Waals surface area contributed by atoms with Crippen LogP contribution in [-0.2, 0) is 0 Å². The molecule has 0 amide bonds. The maximum Gasteiger partial charge on any atom is 0.00675 e. The van der Waals surface area contributed by atoms with Gasteiger partial charge >= 0.3 is 0 Å². The van der Waals surface area contributed by atoms with E-state index in [-0.39, 0.29) is 0 Å². The minimum atomic E-state index is 0.560. The molecule has 18 heavy (non-hydrogen) atoms. The first-order chi connectivity index (χ1) is 8.45. The van der Waals surface area contributed by atoms with E-state index in [4.69, 9.17) is 0 Å². The van der Waals surface area contributed by atoms with Gasteiger partial charge in [-0.2, -0.15) is 0 Å². The molecule has 0 aromatic carbocycles. The first-order valence-electron chi connectivity index (χ1n) is 8.19. The first-order valence-corrected chi connectivity index (χ1v) is 8.19. The van der Waals surface area contributed by atoms with Crippen LogP contribution in [0, 0.1) is 16.7 Å². The molecule has 2 fully saturated rings. The van der Waals surface area contributed by atoms with Gasteiger partial charge in [-0.25, -0.2) is 0 Å². The predicted octanol–water partition coefficient (Wildman–Crippen LogP) is 4.76. The van der Waals surface area contributed by atoms with E-state index in [2.05, 4.69) is 33.0 Å². The molecule has 1 N–H and O–H groups in total. The average Bonchev–Trinajstić information content (AvgIpc) is 2.34. The van der Waals surface area contributed by atoms with Crippen molar-refractivity contribution in [2.75, 3.05) is 6.54 Å². The molecule has 2 saturated carbocycles. The topological polar surface area (TPSA) is 12.0 Å². The molecule has 0 aromatic heterocycles. The van der Waals surface area contributed by atoms with Crippen molar-refractivity contribution in [3.05, 3.63) is 0 Å². The Kier molecular flexibility index (Phi) is 4.41. The van der Waals surface area contributed by atoms with Crippen LogP contribution in [0.5, 0.6) is 0 Å². The molecule has 2 rings (SSSR count). The standard InChI is InChI=1S/C17H33N/c1-5-16(2,3)14-7-9-15(10-8-14)18-13-17(4)11-6-12-17/h14-15,18H,5-13H2,1-4H3. The lowest BCUT2D eigenvalue weighted by Gasteiger charge is -2.42. The summed E-state index contributed by atoms with van der Waals surface area (Å²) in [5.41, 5.74) is 1.20. The lowest BCUT2D eigenvalue weighted by molar-refractivity contribution is 0.116. The van der Waals surface area contributed by atoms with Crippen LogP contribution >= 0.6 is 0 Å². The van der Waals surface area contributed by atoms with Crippen LogP contribution in [0.2, 0.25) is 0 Å². The van der Waals surface area contributed by atoms with Crippen molar-refractivity contribution in [3.63, 3.8) is 0 Å². The highest BCUT2D eigenvalue weighted by molar-refractivity contribution is 4.89. The maximum absolute atomic E-state index is 3.85. The third-order valence-electron chi connectivity index (χ3n) is 6.12. The fourth-order valence-electron chi connectivity index (χ4n) is 3.72. The fraction of sp³-hybridized carbons (Fsp3) is 1.00. The van der Waals surface area contributed by atoms with Crippen LogP contribution in [0.4, 0.5) is 0 Å². The van der Waals surface area contributed by atoms with Crippen LogP contribution in [0.15, 0.2) is 0 Å². The molecule has 1 nitrogen and oxygen atoms in total. The number of rotatable bonds is 5. The van der Waals surface area contributed by atoms with Crippen LogP contribution in [0.25, 0.3) is 0 Å². The third-order valence-corrected chi connectivity index (χ3v) is 6.12. The van der Waals surface area contributed by atoms with Crippen molar-refractivity contribution >= 4 is 0 Å². The van der Waals surface area contributed by atoms with E-state index in [0.29, 0.717) is 10.8 Å². The zero-order valence-corrected chi connectivity index (χ0v) is 13.0. The fourth-order valence-corrected chi connectivity index (χ4v) is 3.72. The van der Waals surface area contributed by atoms with E-state index in [1.807, 2.05) is 0 Å². The predicted molar refractivity (Wildman–Crippen MR) is 79.8 cm³/mol. The zero-order chi connectivity index (χ0) is 13.2. The lowest BCUT2D eigenvalue weighted by Crippen LogP contribution is -2.44. The average molecular weight is 251 g/mol. The van der Waals surface area contributed by atoms with Crippen molar-refractivity contribution in [2.45, 2.75) is 85.1 Å². The first kappa shape index (κ1) is 14.4. The molecular formula is C17H33N. The van der Waals surface area contributed by atoms with Gasteiger partial charge in [0.1, 0.15) is 0 Å². The Labute approximate surface area is 114 Å². The summed E-state index contributed by atoms with van der Waals surface area (Å²) in [5.74, 6) is 0.958. The molecule has 0 heterocycles. The second kappa shape index (κ2) is 5.53. The molecule has 2 aliphatic rings. The van der Waals surface area contributed by atoms with Crippen molar-refractivity contribution < 1.29 is 0 Å². The van der Waals surface area contributed by atoms with Gasteiger partial charge < -0.3 is 5.32 Å². The molecule has 0 unspecified atom stereocenters. The quantitative estimate of drug-likeness (QED) is 0.743. The molecule has 0 bridgehead atoms. The van der Waals surface area contributed by atoms with Gasteiger partial charge in [-0.05, 0) is 55.3 Å². The summed E-state index contributed by atoms with van der Waals surface area (Å²) in [4.78, 5) is 0. The highest BCUT2D eigenvalue weighted by atomic mass is 14.9. The molecular weight excluding hydrogens is 218 g/mol. The van der Waals surface area contributed by atoms with Gasteiger partial charge in [0.25, 0.3) is 0 Å². The van der Waals surface area contributed by atoms with Gasteiger partial charge in [0, 0.05) is 12.6 Å². The Hall–Kier alpha value is -0.0400. The minimum Gasteiger partial charge on any atom is -0.313 e. The summed E-state index contributed by atoms with van der Waals surface area (Å²) in [6.45, 7) is 11.0. The van der Waals surface area contributed by atoms with Gasteiger partial charge in [-0.15, -0.1) is 0 Å². The minimum absolute atomic E-state index is 0.560. The highest BCUT2D eigenvalue weighted by Crippen LogP contribution is 2.42. The Morgan fingerprint density at radius 2 is 1.72 bits per heavy atom.